The summed E-state index contributed by atoms with van der Waals surface area (Å²) >= 11 is 2.07. The molecule has 4 heteroatoms. The third-order valence-electron chi connectivity index (χ3n) is 4.25. The van der Waals surface area contributed by atoms with E-state index in [4.69, 9.17) is 4.42 Å². The van der Waals surface area contributed by atoms with Gasteiger partial charge in [-0.15, -0.1) is 0 Å². The van der Waals surface area contributed by atoms with Crippen LogP contribution in [-0.2, 0) is 13.1 Å². The molecule has 3 rings (SSSR count). The minimum Gasteiger partial charge on any atom is -0.459 e. The number of benzene rings is 1. The van der Waals surface area contributed by atoms with Crippen LogP contribution in [0.5, 0.6) is 0 Å². The van der Waals surface area contributed by atoms with Crippen LogP contribution in [0, 0.1) is 0 Å². The molecule has 1 atom stereocenters. The Hall–Kier alpha value is -0.970. The molecule has 114 valence electrons. The van der Waals surface area contributed by atoms with Gasteiger partial charge in [0.25, 0.3) is 0 Å². The Morgan fingerprint density at radius 1 is 1.38 bits per heavy atom. The zero-order valence-corrected chi connectivity index (χ0v) is 13.7. The summed E-state index contributed by atoms with van der Waals surface area (Å²) in [6.45, 7) is 4.88. The second-order valence-electron chi connectivity index (χ2n) is 5.71. The van der Waals surface area contributed by atoms with E-state index in [1.165, 1.54) is 28.9 Å². The second-order valence-corrected chi connectivity index (χ2v) is 6.86. The lowest BCUT2D eigenvalue weighted by Crippen LogP contribution is -2.31. The summed E-state index contributed by atoms with van der Waals surface area (Å²) in [4.78, 5) is 2.49. The molecule has 1 N–H and O–H groups in total. The van der Waals surface area contributed by atoms with Crippen molar-refractivity contribution in [3.63, 3.8) is 0 Å². The van der Waals surface area contributed by atoms with Crippen molar-refractivity contribution < 1.29 is 4.42 Å². The first kappa shape index (κ1) is 14.9. The molecule has 0 amide bonds. The number of fused-ring (bicyclic) bond motifs is 1. The standard InChI is InChI=1S/C17H24N2OS/c1-3-18-10-17-15(11-19(2)13-8-9-21-12-13)14-6-4-5-7-16(14)20-17/h4-7,13,18H,3,8-12H2,1-2H3. The molecule has 0 aliphatic carbocycles. The summed E-state index contributed by atoms with van der Waals surface area (Å²) < 4.78 is 6.07. The van der Waals surface area contributed by atoms with E-state index in [2.05, 4.69) is 54.1 Å². The first-order valence-corrected chi connectivity index (χ1v) is 8.93. The molecular formula is C17H24N2OS. The molecule has 0 saturated carbocycles. The van der Waals surface area contributed by atoms with Gasteiger partial charge in [-0.2, -0.15) is 11.8 Å². The van der Waals surface area contributed by atoms with E-state index < -0.39 is 0 Å². The first-order valence-electron chi connectivity index (χ1n) is 7.77. The fourth-order valence-electron chi connectivity index (χ4n) is 2.95. The fourth-order valence-corrected chi connectivity index (χ4v) is 4.25. The number of furan rings is 1. The number of nitrogens with one attached hydrogen (secondary N) is 1. The average molecular weight is 304 g/mol. The normalized spacial score (nSPS) is 18.9. The zero-order valence-electron chi connectivity index (χ0n) is 12.9. The second kappa shape index (κ2) is 6.86. The molecule has 1 fully saturated rings. The summed E-state index contributed by atoms with van der Waals surface area (Å²) in [5.41, 5.74) is 2.36. The molecule has 1 aromatic carbocycles. The predicted octanol–water partition coefficient (Wildman–Crippen LogP) is 3.48. The minimum absolute atomic E-state index is 0.704. The molecule has 3 nitrogen and oxygen atoms in total. The highest BCUT2D eigenvalue weighted by molar-refractivity contribution is 7.99. The molecule has 1 saturated heterocycles. The van der Waals surface area contributed by atoms with Crippen LogP contribution in [0.3, 0.4) is 0 Å². The largest absolute Gasteiger partial charge is 0.459 e. The van der Waals surface area contributed by atoms with Crippen molar-refractivity contribution in [2.75, 3.05) is 25.1 Å². The summed E-state index contributed by atoms with van der Waals surface area (Å²) in [5.74, 6) is 3.65. The Bertz CT molecular complexity index is 589. The van der Waals surface area contributed by atoms with Crippen LogP contribution in [0.1, 0.15) is 24.7 Å². The number of nitrogens with zero attached hydrogens (tertiary/aromatic N) is 1. The van der Waals surface area contributed by atoms with Gasteiger partial charge in [0.15, 0.2) is 0 Å². The van der Waals surface area contributed by atoms with Gasteiger partial charge in [0.1, 0.15) is 11.3 Å². The Morgan fingerprint density at radius 2 is 2.24 bits per heavy atom. The Labute approximate surface area is 131 Å². The summed E-state index contributed by atoms with van der Waals surface area (Å²) in [6.07, 6.45) is 1.31. The third kappa shape index (κ3) is 3.28. The molecule has 21 heavy (non-hydrogen) atoms. The van der Waals surface area contributed by atoms with E-state index >= 15 is 0 Å². The lowest BCUT2D eigenvalue weighted by atomic mass is 10.1. The van der Waals surface area contributed by atoms with E-state index in [1.807, 2.05) is 6.07 Å². The Balaban J connectivity index is 1.86. The molecule has 0 radical (unpaired) electrons. The third-order valence-corrected chi connectivity index (χ3v) is 5.40. The van der Waals surface area contributed by atoms with Gasteiger partial charge >= 0.3 is 0 Å². The number of thioether (sulfide) groups is 1. The van der Waals surface area contributed by atoms with Gasteiger partial charge in [-0.05, 0) is 31.8 Å². The van der Waals surface area contributed by atoms with Gasteiger partial charge in [-0.25, -0.2) is 0 Å². The summed E-state index contributed by atoms with van der Waals surface area (Å²) in [7, 11) is 2.25. The highest BCUT2D eigenvalue weighted by atomic mass is 32.2. The quantitative estimate of drug-likeness (QED) is 0.884. The number of para-hydroxylation sites is 1. The highest BCUT2D eigenvalue weighted by Gasteiger charge is 2.22. The van der Waals surface area contributed by atoms with E-state index in [-0.39, 0.29) is 0 Å². The van der Waals surface area contributed by atoms with Crippen LogP contribution >= 0.6 is 11.8 Å². The van der Waals surface area contributed by atoms with Crippen LogP contribution in [0.25, 0.3) is 11.0 Å². The smallest absolute Gasteiger partial charge is 0.134 e. The molecule has 1 aliphatic rings. The molecular weight excluding hydrogens is 280 g/mol. The summed E-state index contributed by atoms with van der Waals surface area (Å²) in [5, 5.41) is 4.66. The van der Waals surface area contributed by atoms with Gasteiger partial charge in [-0.3, -0.25) is 4.90 Å². The van der Waals surface area contributed by atoms with Gasteiger partial charge in [-0.1, -0.05) is 25.1 Å². The van der Waals surface area contributed by atoms with Crippen molar-refractivity contribution in [3.8, 4) is 0 Å². The Kier molecular flexibility index (Phi) is 4.88. The van der Waals surface area contributed by atoms with Crippen LogP contribution in [-0.4, -0.2) is 36.0 Å². The van der Waals surface area contributed by atoms with Crippen molar-refractivity contribution in [2.24, 2.45) is 0 Å². The molecule has 2 aromatic rings. The van der Waals surface area contributed by atoms with Crippen molar-refractivity contribution in [1.29, 1.82) is 0 Å². The topological polar surface area (TPSA) is 28.4 Å². The van der Waals surface area contributed by atoms with E-state index in [1.54, 1.807) is 0 Å². The number of rotatable bonds is 6. The highest BCUT2D eigenvalue weighted by Crippen LogP contribution is 2.29. The number of hydrogen-bond acceptors (Lipinski definition) is 4. The fraction of sp³-hybridized carbons (Fsp3) is 0.529. The molecule has 0 spiro atoms. The van der Waals surface area contributed by atoms with Crippen molar-refractivity contribution in [2.45, 2.75) is 32.5 Å². The van der Waals surface area contributed by atoms with Gasteiger partial charge in [0.05, 0.1) is 6.54 Å². The van der Waals surface area contributed by atoms with E-state index in [0.29, 0.717) is 6.04 Å². The van der Waals surface area contributed by atoms with Crippen LogP contribution in [0.4, 0.5) is 0 Å². The van der Waals surface area contributed by atoms with Gasteiger partial charge < -0.3 is 9.73 Å². The molecule has 0 bridgehead atoms. The van der Waals surface area contributed by atoms with Crippen molar-refractivity contribution >= 4 is 22.7 Å². The zero-order chi connectivity index (χ0) is 14.7. The Morgan fingerprint density at radius 3 is 3.00 bits per heavy atom. The van der Waals surface area contributed by atoms with Gasteiger partial charge in [0, 0.05) is 29.3 Å². The van der Waals surface area contributed by atoms with Crippen molar-refractivity contribution in [1.82, 2.24) is 10.2 Å². The van der Waals surface area contributed by atoms with Gasteiger partial charge in [0.2, 0.25) is 0 Å². The van der Waals surface area contributed by atoms with E-state index in [0.717, 1.165) is 31.0 Å². The lowest BCUT2D eigenvalue weighted by Gasteiger charge is -2.23. The minimum atomic E-state index is 0.704. The molecule has 1 aliphatic heterocycles. The molecule has 1 unspecified atom stereocenters. The van der Waals surface area contributed by atoms with Crippen LogP contribution in [0.2, 0.25) is 0 Å². The lowest BCUT2D eigenvalue weighted by molar-refractivity contribution is 0.253. The average Bonchev–Trinajstić information content (AvgIpc) is 3.14. The maximum Gasteiger partial charge on any atom is 0.134 e. The maximum absolute atomic E-state index is 6.07. The maximum atomic E-state index is 6.07. The number of hydrogen-bond donors (Lipinski definition) is 1. The summed E-state index contributed by atoms with van der Waals surface area (Å²) in [6, 6.07) is 9.10. The monoisotopic (exact) mass is 304 g/mol. The first-order chi connectivity index (χ1) is 10.3. The predicted molar refractivity (Wildman–Crippen MR) is 90.8 cm³/mol. The molecule has 2 heterocycles. The molecule has 1 aromatic heterocycles. The SMILES string of the molecule is CCNCc1oc2ccccc2c1CN(C)C1CCSC1. The van der Waals surface area contributed by atoms with Crippen LogP contribution in [0.15, 0.2) is 28.7 Å². The van der Waals surface area contributed by atoms with Crippen LogP contribution < -0.4 is 5.32 Å². The van der Waals surface area contributed by atoms with Crippen molar-refractivity contribution in [3.05, 3.63) is 35.6 Å². The van der Waals surface area contributed by atoms with E-state index in [9.17, 15) is 0 Å².